The van der Waals surface area contributed by atoms with Crippen molar-refractivity contribution in [2.24, 2.45) is 5.41 Å². The van der Waals surface area contributed by atoms with Gasteiger partial charge in [-0.05, 0) is 37.5 Å². The summed E-state index contributed by atoms with van der Waals surface area (Å²) in [6.07, 6.45) is 5.66. The van der Waals surface area contributed by atoms with Crippen LogP contribution in [0.1, 0.15) is 59.3 Å². The van der Waals surface area contributed by atoms with Crippen molar-refractivity contribution in [1.29, 1.82) is 0 Å². The van der Waals surface area contributed by atoms with Gasteiger partial charge in [0.25, 0.3) is 0 Å². The van der Waals surface area contributed by atoms with E-state index in [9.17, 15) is 9.32 Å². The van der Waals surface area contributed by atoms with Crippen LogP contribution >= 0.6 is 0 Å². The van der Waals surface area contributed by atoms with E-state index in [2.05, 4.69) is 20.8 Å². The maximum absolute atomic E-state index is 12.1. The summed E-state index contributed by atoms with van der Waals surface area (Å²) >= 11 is 0. The second kappa shape index (κ2) is 4.09. The van der Waals surface area contributed by atoms with Crippen LogP contribution in [0, 0.1) is 5.41 Å². The van der Waals surface area contributed by atoms with E-state index in [-0.39, 0.29) is 15.9 Å². The zero-order valence-corrected chi connectivity index (χ0v) is 11.5. The maximum atomic E-state index is 12.1. The van der Waals surface area contributed by atoms with Gasteiger partial charge in [-0.3, -0.25) is 4.21 Å². The molecule has 2 saturated heterocycles. The number of rotatable bonds is 1. The first-order valence-corrected chi connectivity index (χ1v) is 7.69. The topological polar surface area (TPSA) is 37.3 Å². The number of aliphatic hydroxyl groups is 1. The zero-order chi connectivity index (χ0) is 12.0. The molecule has 2 aliphatic rings. The Hall–Kier alpha value is 0.110. The predicted molar refractivity (Wildman–Crippen MR) is 67.8 cm³/mol. The zero-order valence-electron chi connectivity index (χ0n) is 10.7. The quantitative estimate of drug-likeness (QED) is 0.770. The molecule has 0 amide bonds. The van der Waals surface area contributed by atoms with Gasteiger partial charge in [0, 0.05) is 21.3 Å². The third kappa shape index (κ3) is 2.67. The van der Waals surface area contributed by atoms with Gasteiger partial charge in [-0.15, -0.1) is 0 Å². The number of hydrogen-bond donors (Lipinski definition) is 1. The van der Waals surface area contributed by atoms with Gasteiger partial charge in [-0.2, -0.15) is 0 Å². The molecule has 2 aliphatic heterocycles. The summed E-state index contributed by atoms with van der Waals surface area (Å²) in [5.41, 5.74) is -0.399. The monoisotopic (exact) mass is 244 g/mol. The molecular weight excluding hydrogens is 220 g/mol. The van der Waals surface area contributed by atoms with Crippen molar-refractivity contribution in [1.82, 2.24) is 0 Å². The summed E-state index contributed by atoms with van der Waals surface area (Å²) in [6.45, 7) is 6.52. The summed E-state index contributed by atoms with van der Waals surface area (Å²) < 4.78 is 12.1. The Balaban J connectivity index is 2.11. The minimum atomic E-state index is -0.671. The van der Waals surface area contributed by atoms with Gasteiger partial charge >= 0.3 is 0 Å². The van der Waals surface area contributed by atoms with Gasteiger partial charge in [0.05, 0.1) is 5.60 Å². The lowest BCUT2D eigenvalue weighted by Crippen LogP contribution is -2.50. The Labute approximate surface area is 101 Å². The van der Waals surface area contributed by atoms with Crippen LogP contribution in [0.25, 0.3) is 0 Å². The average molecular weight is 244 g/mol. The Morgan fingerprint density at radius 2 is 1.75 bits per heavy atom. The van der Waals surface area contributed by atoms with Crippen LogP contribution in [0.4, 0.5) is 0 Å². The van der Waals surface area contributed by atoms with Crippen molar-refractivity contribution >= 4 is 10.8 Å². The lowest BCUT2D eigenvalue weighted by Gasteiger charge is -2.45. The fourth-order valence-corrected chi connectivity index (χ4v) is 5.80. The lowest BCUT2D eigenvalue weighted by molar-refractivity contribution is -0.0228. The molecule has 0 radical (unpaired) electrons. The fourth-order valence-electron chi connectivity index (χ4n) is 3.51. The molecule has 0 aromatic heterocycles. The first-order valence-electron chi connectivity index (χ1n) is 6.41. The number of fused-ring (bicyclic) bond motifs is 2. The van der Waals surface area contributed by atoms with Crippen LogP contribution in [0.5, 0.6) is 0 Å². The van der Waals surface area contributed by atoms with E-state index in [1.165, 1.54) is 6.42 Å². The van der Waals surface area contributed by atoms with E-state index in [4.69, 9.17) is 0 Å². The van der Waals surface area contributed by atoms with E-state index < -0.39 is 16.4 Å². The Bertz CT molecular complexity index is 277. The summed E-state index contributed by atoms with van der Waals surface area (Å²) in [5.74, 6) is 0. The molecule has 0 aromatic rings. The van der Waals surface area contributed by atoms with E-state index in [0.717, 1.165) is 32.1 Å². The molecule has 3 heteroatoms. The van der Waals surface area contributed by atoms with Gasteiger partial charge in [-0.1, -0.05) is 27.2 Å². The minimum Gasteiger partial charge on any atom is -0.390 e. The molecule has 2 unspecified atom stereocenters. The van der Waals surface area contributed by atoms with Gasteiger partial charge in [-0.25, -0.2) is 0 Å². The molecule has 0 saturated carbocycles. The summed E-state index contributed by atoms with van der Waals surface area (Å²) in [5, 5.41) is 11.2. The van der Waals surface area contributed by atoms with Crippen molar-refractivity contribution in [3.63, 3.8) is 0 Å². The van der Waals surface area contributed by atoms with Gasteiger partial charge in [0.2, 0.25) is 0 Å². The fraction of sp³-hybridized carbons (Fsp3) is 1.00. The molecule has 0 spiro atoms. The molecule has 2 atom stereocenters. The average Bonchev–Trinajstić information content (AvgIpc) is 2.04. The smallest absolute Gasteiger partial charge is 0.0675 e. The summed E-state index contributed by atoms with van der Waals surface area (Å²) in [6, 6.07) is 0. The van der Waals surface area contributed by atoms with Crippen molar-refractivity contribution < 1.29 is 9.32 Å². The van der Waals surface area contributed by atoms with Crippen molar-refractivity contribution in [3.05, 3.63) is 0 Å². The first kappa shape index (κ1) is 12.6. The molecule has 1 N–H and O–H groups in total. The second-order valence-corrected chi connectivity index (χ2v) is 8.86. The van der Waals surface area contributed by atoms with E-state index in [1.807, 2.05) is 0 Å². The van der Waals surface area contributed by atoms with Crippen LogP contribution in [0.15, 0.2) is 0 Å². The third-order valence-corrected chi connectivity index (χ3v) is 5.90. The molecule has 16 heavy (non-hydrogen) atoms. The standard InChI is InChI=1S/C13H24O2S/c1-12(2,3)9-13(14)7-10-5-4-6-11(8-13)16(10)15/h10-11,14H,4-9H2,1-3H3. The molecule has 2 rings (SSSR count). The second-order valence-electron chi connectivity index (χ2n) is 6.87. The Kier molecular flexibility index (Phi) is 3.21. The normalized spacial score (nSPS) is 44.4. The van der Waals surface area contributed by atoms with Crippen molar-refractivity contribution in [2.75, 3.05) is 0 Å². The van der Waals surface area contributed by atoms with Gasteiger partial charge < -0.3 is 5.11 Å². The Morgan fingerprint density at radius 1 is 1.25 bits per heavy atom. The van der Waals surface area contributed by atoms with Crippen LogP contribution in [0.2, 0.25) is 0 Å². The van der Waals surface area contributed by atoms with E-state index in [1.54, 1.807) is 0 Å². The molecule has 94 valence electrons. The molecule has 2 heterocycles. The van der Waals surface area contributed by atoms with Gasteiger partial charge in [0.15, 0.2) is 0 Å². The minimum absolute atomic E-state index is 0.155. The predicted octanol–water partition coefficient (Wildman–Crippen LogP) is 2.62. The molecular formula is C13H24O2S. The first-order chi connectivity index (χ1) is 7.29. The van der Waals surface area contributed by atoms with Crippen LogP contribution in [0.3, 0.4) is 0 Å². The highest BCUT2D eigenvalue weighted by Gasteiger charge is 2.46. The van der Waals surface area contributed by atoms with Crippen LogP contribution in [-0.4, -0.2) is 25.4 Å². The van der Waals surface area contributed by atoms with Crippen LogP contribution in [-0.2, 0) is 10.8 Å². The summed E-state index contributed by atoms with van der Waals surface area (Å²) in [7, 11) is -0.671. The highest BCUT2D eigenvalue weighted by Crippen LogP contribution is 2.43. The molecule has 2 bridgehead atoms. The molecule has 0 aromatic carbocycles. The SMILES string of the molecule is CC(C)(C)CC1(O)CC2CCCC(C1)S2=O. The van der Waals surface area contributed by atoms with Gasteiger partial charge in [0.1, 0.15) is 0 Å². The van der Waals surface area contributed by atoms with Crippen molar-refractivity contribution in [2.45, 2.75) is 75.4 Å². The molecule has 2 fully saturated rings. The van der Waals surface area contributed by atoms with E-state index >= 15 is 0 Å². The number of hydrogen-bond acceptors (Lipinski definition) is 2. The van der Waals surface area contributed by atoms with Crippen molar-refractivity contribution in [3.8, 4) is 0 Å². The third-order valence-electron chi connectivity index (χ3n) is 3.78. The largest absolute Gasteiger partial charge is 0.390 e. The molecule has 0 aliphatic carbocycles. The molecule has 2 nitrogen and oxygen atoms in total. The lowest BCUT2D eigenvalue weighted by atomic mass is 9.75. The maximum Gasteiger partial charge on any atom is 0.0675 e. The highest BCUT2D eigenvalue weighted by molar-refractivity contribution is 7.86. The Morgan fingerprint density at radius 3 is 2.19 bits per heavy atom. The van der Waals surface area contributed by atoms with E-state index in [0.29, 0.717) is 0 Å². The van der Waals surface area contributed by atoms with Crippen LogP contribution < -0.4 is 0 Å². The highest BCUT2D eigenvalue weighted by atomic mass is 32.2. The summed E-state index contributed by atoms with van der Waals surface area (Å²) in [4.78, 5) is 0.